The van der Waals surface area contributed by atoms with Crippen LogP contribution in [-0.2, 0) is 9.59 Å². The van der Waals surface area contributed by atoms with E-state index in [1.807, 2.05) is 0 Å². The van der Waals surface area contributed by atoms with E-state index in [9.17, 15) is 14.4 Å². The van der Waals surface area contributed by atoms with Gasteiger partial charge in [0.05, 0.1) is 5.02 Å². The fourth-order valence-electron chi connectivity index (χ4n) is 1.89. The Morgan fingerprint density at radius 2 is 2.09 bits per heavy atom. The van der Waals surface area contributed by atoms with E-state index in [1.165, 1.54) is 0 Å². The number of amides is 4. The third-order valence-electron chi connectivity index (χ3n) is 3.40. The summed E-state index contributed by atoms with van der Waals surface area (Å²) in [5, 5.41) is 3.56. The zero-order valence-electron chi connectivity index (χ0n) is 12.2. The molecule has 1 aromatic carbocycles. The molecule has 4 amide bonds. The average Bonchev–Trinajstić information content (AvgIpc) is 2.70. The van der Waals surface area contributed by atoms with Crippen molar-refractivity contribution < 1.29 is 19.1 Å². The lowest BCUT2D eigenvalue weighted by Gasteiger charge is -2.19. The number of nitrogens with one attached hydrogen (secondary N) is 2. The number of ether oxygens (including phenoxy) is 1. The largest absolute Gasteiger partial charge is 0.482 e. The molecule has 1 fully saturated rings. The standard InChI is InChI=1S/C14H16ClN3O4/c1-3-14(2)12(20)18(13(21)16-14)17-11(19)8-22-10-7-5-4-6-9(10)15/h4-7H,3,8H2,1-2H3,(H,16,21)(H,17,19)/t14-/m0/s1. The molecule has 0 aliphatic carbocycles. The highest BCUT2D eigenvalue weighted by Gasteiger charge is 2.47. The summed E-state index contributed by atoms with van der Waals surface area (Å²) in [7, 11) is 0. The van der Waals surface area contributed by atoms with Crippen molar-refractivity contribution in [2.75, 3.05) is 6.61 Å². The van der Waals surface area contributed by atoms with Gasteiger partial charge in [-0.3, -0.25) is 15.0 Å². The van der Waals surface area contributed by atoms with E-state index >= 15 is 0 Å². The third kappa shape index (κ3) is 3.14. The molecule has 1 aliphatic heterocycles. The highest BCUT2D eigenvalue weighted by Crippen LogP contribution is 2.23. The summed E-state index contributed by atoms with van der Waals surface area (Å²) in [6.07, 6.45) is 0.417. The van der Waals surface area contributed by atoms with E-state index in [0.717, 1.165) is 0 Å². The van der Waals surface area contributed by atoms with Gasteiger partial charge in [-0.25, -0.2) is 4.79 Å². The first-order valence-corrected chi connectivity index (χ1v) is 7.08. The third-order valence-corrected chi connectivity index (χ3v) is 3.71. The molecule has 0 saturated carbocycles. The summed E-state index contributed by atoms with van der Waals surface area (Å²) in [6.45, 7) is 2.99. The Labute approximate surface area is 132 Å². The minimum atomic E-state index is -1.01. The summed E-state index contributed by atoms with van der Waals surface area (Å²) in [5.74, 6) is -0.801. The number of hydrogen-bond acceptors (Lipinski definition) is 4. The van der Waals surface area contributed by atoms with Crippen molar-refractivity contribution in [1.82, 2.24) is 15.8 Å². The molecule has 22 heavy (non-hydrogen) atoms. The number of halogens is 1. The summed E-state index contributed by atoms with van der Waals surface area (Å²) in [6, 6.07) is 6.01. The van der Waals surface area contributed by atoms with Crippen LogP contribution in [0.25, 0.3) is 0 Å². The van der Waals surface area contributed by atoms with Crippen molar-refractivity contribution in [2.24, 2.45) is 0 Å². The Morgan fingerprint density at radius 3 is 2.68 bits per heavy atom. The van der Waals surface area contributed by atoms with Gasteiger partial charge in [0.2, 0.25) is 0 Å². The van der Waals surface area contributed by atoms with Gasteiger partial charge in [0.25, 0.3) is 11.8 Å². The van der Waals surface area contributed by atoms with E-state index in [-0.39, 0.29) is 6.61 Å². The summed E-state index contributed by atoms with van der Waals surface area (Å²) in [5.41, 5.74) is 1.22. The molecule has 2 N–H and O–H groups in total. The quantitative estimate of drug-likeness (QED) is 0.802. The van der Waals surface area contributed by atoms with Crippen molar-refractivity contribution in [1.29, 1.82) is 0 Å². The van der Waals surface area contributed by atoms with E-state index in [1.54, 1.807) is 38.1 Å². The molecule has 0 bridgehead atoms. The van der Waals surface area contributed by atoms with Crippen LogP contribution in [0.15, 0.2) is 24.3 Å². The lowest BCUT2D eigenvalue weighted by atomic mass is 10.00. The zero-order valence-corrected chi connectivity index (χ0v) is 12.9. The maximum atomic E-state index is 12.1. The molecule has 1 saturated heterocycles. The second-order valence-electron chi connectivity index (χ2n) is 5.01. The van der Waals surface area contributed by atoms with Crippen LogP contribution in [0.3, 0.4) is 0 Å². The predicted molar refractivity (Wildman–Crippen MR) is 79.2 cm³/mol. The van der Waals surface area contributed by atoms with Gasteiger partial charge < -0.3 is 10.1 Å². The van der Waals surface area contributed by atoms with Gasteiger partial charge in [-0.05, 0) is 25.5 Å². The topological polar surface area (TPSA) is 87.7 Å². The number of hydrazine groups is 1. The molecular weight excluding hydrogens is 310 g/mol. The first-order chi connectivity index (χ1) is 10.4. The highest BCUT2D eigenvalue weighted by molar-refractivity contribution is 6.32. The molecular formula is C14H16ClN3O4. The van der Waals surface area contributed by atoms with Gasteiger partial charge in [-0.1, -0.05) is 30.7 Å². The Bertz CT molecular complexity index is 622. The molecule has 1 atom stereocenters. The van der Waals surface area contributed by atoms with Gasteiger partial charge in [-0.15, -0.1) is 0 Å². The van der Waals surface area contributed by atoms with Gasteiger partial charge in [-0.2, -0.15) is 5.01 Å². The van der Waals surface area contributed by atoms with Crippen LogP contribution in [0.4, 0.5) is 4.79 Å². The van der Waals surface area contributed by atoms with Gasteiger partial charge >= 0.3 is 6.03 Å². The van der Waals surface area contributed by atoms with E-state index < -0.39 is 23.4 Å². The number of imide groups is 1. The van der Waals surface area contributed by atoms with Crippen LogP contribution in [0.1, 0.15) is 20.3 Å². The number of para-hydroxylation sites is 1. The fourth-order valence-corrected chi connectivity index (χ4v) is 2.08. The molecule has 8 heteroatoms. The van der Waals surface area contributed by atoms with Crippen molar-refractivity contribution in [3.8, 4) is 5.75 Å². The summed E-state index contributed by atoms with van der Waals surface area (Å²) < 4.78 is 5.24. The Morgan fingerprint density at radius 1 is 1.41 bits per heavy atom. The van der Waals surface area contributed by atoms with Gasteiger partial charge in [0.15, 0.2) is 6.61 Å². The summed E-state index contributed by atoms with van der Waals surface area (Å²) >= 11 is 5.90. The Hall–Kier alpha value is -2.28. The van der Waals surface area contributed by atoms with Crippen LogP contribution in [0.2, 0.25) is 5.02 Å². The number of carbonyl (C=O) groups excluding carboxylic acids is 3. The lowest BCUT2D eigenvalue weighted by Crippen LogP contribution is -2.49. The van der Waals surface area contributed by atoms with Crippen LogP contribution in [0, 0.1) is 0 Å². The fraction of sp³-hybridized carbons (Fsp3) is 0.357. The minimum Gasteiger partial charge on any atom is -0.482 e. The second-order valence-corrected chi connectivity index (χ2v) is 5.42. The smallest absolute Gasteiger partial charge is 0.344 e. The number of nitrogens with zero attached hydrogens (tertiary/aromatic N) is 1. The molecule has 2 rings (SSSR count). The van der Waals surface area contributed by atoms with E-state index in [0.29, 0.717) is 22.2 Å². The SMILES string of the molecule is CC[C@]1(C)NC(=O)N(NC(=O)COc2ccccc2Cl)C1=O. The molecule has 0 aromatic heterocycles. The Balaban J connectivity index is 1.94. The number of rotatable bonds is 5. The second kappa shape index (κ2) is 6.23. The molecule has 0 radical (unpaired) electrons. The first kappa shape index (κ1) is 16.1. The van der Waals surface area contributed by atoms with Crippen LogP contribution >= 0.6 is 11.6 Å². The highest BCUT2D eigenvalue weighted by atomic mass is 35.5. The van der Waals surface area contributed by atoms with Gasteiger partial charge in [0, 0.05) is 0 Å². The molecule has 0 spiro atoms. The molecule has 1 aromatic rings. The van der Waals surface area contributed by atoms with Crippen LogP contribution < -0.4 is 15.5 Å². The molecule has 1 aliphatic rings. The predicted octanol–water partition coefficient (Wildman–Crippen LogP) is 1.47. The van der Waals surface area contributed by atoms with Gasteiger partial charge in [0.1, 0.15) is 11.3 Å². The zero-order chi connectivity index (χ0) is 16.3. The molecule has 118 valence electrons. The number of carbonyl (C=O) groups is 3. The van der Waals surface area contributed by atoms with Crippen LogP contribution in [-0.4, -0.2) is 35.0 Å². The first-order valence-electron chi connectivity index (χ1n) is 6.71. The van der Waals surface area contributed by atoms with Crippen molar-refractivity contribution >= 4 is 29.4 Å². The van der Waals surface area contributed by atoms with Crippen molar-refractivity contribution in [2.45, 2.75) is 25.8 Å². The number of urea groups is 1. The lowest BCUT2D eigenvalue weighted by molar-refractivity contribution is -0.139. The normalized spacial score (nSPS) is 20.8. The maximum Gasteiger partial charge on any atom is 0.344 e. The Kier molecular flexibility index (Phi) is 4.56. The monoisotopic (exact) mass is 325 g/mol. The summed E-state index contributed by atoms with van der Waals surface area (Å²) in [4.78, 5) is 35.7. The maximum absolute atomic E-state index is 12.1. The van der Waals surface area contributed by atoms with Crippen molar-refractivity contribution in [3.05, 3.63) is 29.3 Å². The number of benzene rings is 1. The van der Waals surface area contributed by atoms with E-state index in [2.05, 4.69) is 10.7 Å². The molecule has 1 heterocycles. The minimum absolute atomic E-state index is 0.343. The molecule has 0 unspecified atom stereocenters. The van der Waals surface area contributed by atoms with Crippen LogP contribution in [0.5, 0.6) is 5.75 Å². The number of hydrogen-bond donors (Lipinski definition) is 2. The van der Waals surface area contributed by atoms with E-state index in [4.69, 9.17) is 16.3 Å². The average molecular weight is 326 g/mol. The van der Waals surface area contributed by atoms with Crippen molar-refractivity contribution in [3.63, 3.8) is 0 Å². The molecule has 7 nitrogen and oxygen atoms in total.